The summed E-state index contributed by atoms with van der Waals surface area (Å²) < 4.78 is 76.9. The average molecular weight is 439 g/mol. The third kappa shape index (κ3) is 641. The molecule has 0 unspecified atom stereocenters. The van der Waals surface area contributed by atoms with Gasteiger partial charge in [0.2, 0.25) is 0 Å². The Hall–Kier alpha value is 1.90. The van der Waals surface area contributed by atoms with Gasteiger partial charge in [-0.1, -0.05) is 0 Å². The molecule has 0 aromatic rings. The molecule has 14 heavy (non-hydrogen) atoms. The largest absolute Gasteiger partial charge is 5.00 e. The van der Waals surface area contributed by atoms with Crippen molar-refractivity contribution in [3.8, 4) is 0 Å². The smallest absolute Gasteiger partial charge is 1.00 e. The molecule has 0 heterocycles. The SMILES string of the molecule is O=[Se]([O-])[O-].O=[Se]([O-])[O-].O=[Se]([O-])[O-].[Li+].[V+5]. The Morgan fingerprint density at radius 3 is 0.571 bits per heavy atom. The second-order valence-electron chi connectivity index (χ2n) is 0.612. The molecule has 9 nitrogen and oxygen atoms in total. The summed E-state index contributed by atoms with van der Waals surface area (Å²) in [7, 11) is 0. The summed E-state index contributed by atoms with van der Waals surface area (Å²) in [6.45, 7) is 0. The summed E-state index contributed by atoms with van der Waals surface area (Å²) in [4.78, 5) is 0. The maximum Gasteiger partial charge on any atom is 5.00 e. The molecular formula is LiO9Se3V. The van der Waals surface area contributed by atoms with Crippen LogP contribution in [0.1, 0.15) is 0 Å². The van der Waals surface area contributed by atoms with Crippen molar-refractivity contribution in [1.29, 1.82) is 0 Å². The molecule has 0 radical (unpaired) electrons. The van der Waals surface area contributed by atoms with E-state index in [0.717, 1.165) is 0 Å². The molecule has 0 rings (SSSR count). The van der Waals surface area contributed by atoms with Crippen molar-refractivity contribution in [2.24, 2.45) is 0 Å². The van der Waals surface area contributed by atoms with Gasteiger partial charge in [0.05, 0.1) is 0 Å². The zero-order chi connectivity index (χ0) is 10.7. The maximum absolute atomic E-state index is 8.54. The predicted octanol–water partition coefficient (Wildman–Crippen LogP) is -11.6. The number of rotatable bonds is 0. The molecule has 0 aliphatic rings. The summed E-state index contributed by atoms with van der Waals surface area (Å²) in [6.07, 6.45) is 0. The van der Waals surface area contributed by atoms with Gasteiger partial charge in [-0.15, -0.1) is 0 Å². The van der Waals surface area contributed by atoms with Gasteiger partial charge in [-0.25, -0.2) is 0 Å². The molecule has 0 aromatic carbocycles. The van der Waals surface area contributed by atoms with Crippen molar-refractivity contribution in [3.63, 3.8) is 0 Å². The van der Waals surface area contributed by atoms with E-state index in [1.165, 1.54) is 0 Å². The van der Waals surface area contributed by atoms with Gasteiger partial charge in [-0.2, -0.15) is 0 Å². The molecule has 78 valence electrons. The Morgan fingerprint density at radius 1 is 0.571 bits per heavy atom. The Balaban J connectivity index is -0.0000000270. The second kappa shape index (κ2) is 24.2. The molecule has 0 amide bonds. The Kier molecular flexibility index (Phi) is 51.4. The van der Waals surface area contributed by atoms with E-state index in [4.69, 9.17) is 36.6 Å². The maximum atomic E-state index is 8.54. The molecule has 0 N–H and O–H groups in total. The van der Waals surface area contributed by atoms with Gasteiger partial charge in [0.1, 0.15) is 0 Å². The van der Waals surface area contributed by atoms with Crippen LogP contribution in [0.25, 0.3) is 0 Å². The van der Waals surface area contributed by atoms with Crippen LogP contribution in [0.4, 0.5) is 0 Å². The summed E-state index contributed by atoms with van der Waals surface area (Å²) in [5.41, 5.74) is 0. The monoisotopic (exact) mass is 442 g/mol. The third-order valence-electron chi connectivity index (χ3n) is 0. The van der Waals surface area contributed by atoms with E-state index in [-0.39, 0.29) is 37.4 Å². The van der Waals surface area contributed by atoms with Crippen LogP contribution in [-0.2, 0) is 30.1 Å². The Labute approximate surface area is 116 Å². The van der Waals surface area contributed by atoms with Crippen LogP contribution in [0, 0.1) is 0 Å². The molecule has 0 fully saturated rings. The minimum absolute atomic E-state index is 0. The van der Waals surface area contributed by atoms with Crippen molar-refractivity contribution >= 4 is 43.5 Å². The summed E-state index contributed by atoms with van der Waals surface area (Å²) in [6, 6.07) is 0. The first-order valence-corrected chi connectivity index (χ1v) is 7.79. The molecule has 0 aliphatic heterocycles. The first-order valence-electron chi connectivity index (χ1n) is 1.50. The van der Waals surface area contributed by atoms with E-state index in [1.54, 1.807) is 0 Å². The standard InChI is InChI=1S/Li.3H2O3Se.V/c;3*1-4(2)3;/h;3*(H2,1,2,3);/q+1;;;;+5/p-6. The molecular weight excluding hydrogens is 439 g/mol. The topological polar surface area (TPSA) is 190 Å². The molecule has 0 spiro atoms. The molecule has 0 aliphatic carbocycles. The fourth-order valence-corrected chi connectivity index (χ4v) is 0. The quantitative estimate of drug-likeness (QED) is 0.330. The van der Waals surface area contributed by atoms with Gasteiger partial charge in [0.25, 0.3) is 0 Å². The van der Waals surface area contributed by atoms with Gasteiger partial charge in [-0.3, -0.25) is 0 Å². The summed E-state index contributed by atoms with van der Waals surface area (Å²) >= 11 is -11.4. The molecule has 0 bridgehead atoms. The van der Waals surface area contributed by atoms with Crippen LogP contribution in [-0.4, -0.2) is 43.5 Å². The molecule has 0 aromatic heterocycles. The number of hydrogen-bond acceptors (Lipinski definition) is 9. The second-order valence-corrected chi connectivity index (χ2v) is 3.18. The van der Waals surface area contributed by atoms with E-state index >= 15 is 0 Å². The van der Waals surface area contributed by atoms with E-state index in [0.29, 0.717) is 0 Å². The summed E-state index contributed by atoms with van der Waals surface area (Å²) in [5.74, 6) is 0. The van der Waals surface area contributed by atoms with Crippen molar-refractivity contribution < 1.29 is 74.1 Å². The van der Waals surface area contributed by atoms with Gasteiger partial charge in [0, 0.05) is 0 Å². The van der Waals surface area contributed by atoms with Crippen LogP contribution >= 0.6 is 0 Å². The fraction of sp³-hybridized carbons (Fsp3) is 0. The first kappa shape index (κ1) is 29.7. The molecule has 14 heteroatoms. The van der Waals surface area contributed by atoms with E-state index in [1.807, 2.05) is 0 Å². The van der Waals surface area contributed by atoms with Crippen molar-refractivity contribution in [2.45, 2.75) is 0 Å². The fourth-order valence-electron chi connectivity index (χ4n) is 0. The van der Waals surface area contributed by atoms with Gasteiger partial charge in [0.15, 0.2) is 0 Å². The number of hydrogen-bond donors (Lipinski definition) is 0. The van der Waals surface area contributed by atoms with E-state index < -0.39 is 43.5 Å². The van der Waals surface area contributed by atoms with Crippen LogP contribution in [0.2, 0.25) is 0 Å². The van der Waals surface area contributed by atoms with Crippen LogP contribution in [0.5, 0.6) is 0 Å². The van der Waals surface area contributed by atoms with Gasteiger partial charge in [-0.05, 0) is 0 Å². The van der Waals surface area contributed by atoms with Crippen LogP contribution in [0.15, 0.2) is 0 Å². The summed E-state index contributed by atoms with van der Waals surface area (Å²) in [5, 5.41) is 0. The van der Waals surface area contributed by atoms with Gasteiger partial charge >= 0.3 is 118 Å². The predicted molar refractivity (Wildman–Crippen MR) is 19.3 cm³/mol. The van der Waals surface area contributed by atoms with Crippen molar-refractivity contribution in [3.05, 3.63) is 0 Å². The average Bonchev–Trinajstić information content (AvgIpc) is 1.54. The minimum Gasteiger partial charge on any atom is 1.00 e. The normalized spacial score (nSPS) is 7.50. The van der Waals surface area contributed by atoms with Crippen molar-refractivity contribution in [2.75, 3.05) is 0 Å². The first-order chi connectivity index (χ1) is 5.20. The Morgan fingerprint density at radius 2 is 0.571 bits per heavy atom. The van der Waals surface area contributed by atoms with Gasteiger partial charge < -0.3 is 0 Å². The molecule has 0 atom stereocenters. The van der Waals surface area contributed by atoms with Crippen LogP contribution in [0.3, 0.4) is 0 Å². The van der Waals surface area contributed by atoms with E-state index in [2.05, 4.69) is 0 Å². The van der Waals surface area contributed by atoms with Crippen molar-refractivity contribution in [1.82, 2.24) is 0 Å². The zero-order valence-corrected chi connectivity index (χ0v) is 12.9. The molecule has 0 saturated carbocycles. The van der Waals surface area contributed by atoms with E-state index in [9.17, 15) is 0 Å². The third-order valence-corrected chi connectivity index (χ3v) is 0. The van der Waals surface area contributed by atoms with Crippen LogP contribution < -0.4 is 44.0 Å². The zero-order valence-electron chi connectivity index (χ0n) is 6.35. The Bertz CT molecular complexity index is 118. The minimum atomic E-state index is -3.79. The molecule has 0 saturated heterocycles.